The molecule has 2 N–H and O–H groups in total. The van der Waals surface area contributed by atoms with Gasteiger partial charge in [-0.2, -0.15) is 0 Å². The predicted octanol–water partition coefficient (Wildman–Crippen LogP) is 2.82. The maximum Gasteiger partial charge on any atom is 0.318 e. The lowest BCUT2D eigenvalue weighted by Gasteiger charge is -2.36. The minimum absolute atomic E-state index is 0.385. The lowest BCUT2D eigenvalue weighted by atomic mass is 10.2. The van der Waals surface area contributed by atoms with Gasteiger partial charge in [0, 0.05) is 31.9 Å². The third kappa shape index (κ3) is 4.57. The van der Waals surface area contributed by atoms with E-state index in [9.17, 15) is 18.4 Å². The van der Waals surface area contributed by atoms with Gasteiger partial charge in [-0.15, -0.1) is 0 Å². The summed E-state index contributed by atoms with van der Waals surface area (Å²) in [5.41, 5.74) is 0.576. The number of halogens is 2. The fraction of sp³-hybridized carbons (Fsp3) is 0.300. The summed E-state index contributed by atoms with van der Waals surface area (Å²) in [6.45, 7) is 3.84. The Morgan fingerprint density at radius 2 is 1.54 bits per heavy atom. The topological polar surface area (TPSA) is 64.7 Å². The van der Waals surface area contributed by atoms with Crippen LogP contribution in [-0.2, 0) is 4.79 Å². The highest BCUT2D eigenvalue weighted by Crippen LogP contribution is 2.18. The summed E-state index contributed by atoms with van der Waals surface area (Å²) in [5, 5.41) is 4.76. The van der Waals surface area contributed by atoms with E-state index in [4.69, 9.17) is 0 Å². The van der Waals surface area contributed by atoms with Crippen molar-refractivity contribution in [2.75, 3.05) is 36.4 Å². The molecule has 3 amide bonds. The maximum absolute atomic E-state index is 13.6. The van der Waals surface area contributed by atoms with Crippen LogP contribution in [0.1, 0.15) is 6.92 Å². The Morgan fingerprint density at radius 1 is 0.929 bits per heavy atom. The molecule has 28 heavy (non-hydrogen) atoms. The number of nitrogens with zero attached hydrogens (tertiary/aromatic N) is 2. The number of rotatable bonds is 4. The molecular weight excluding hydrogens is 366 g/mol. The first-order valence-electron chi connectivity index (χ1n) is 9.06. The Hall–Kier alpha value is -3.16. The van der Waals surface area contributed by atoms with Crippen LogP contribution in [0.3, 0.4) is 0 Å². The normalized spacial score (nSPS) is 15.1. The summed E-state index contributed by atoms with van der Waals surface area (Å²) in [6.07, 6.45) is 0. The molecule has 2 aromatic rings. The van der Waals surface area contributed by atoms with Crippen molar-refractivity contribution >= 4 is 23.3 Å². The lowest BCUT2D eigenvalue weighted by Crippen LogP contribution is -2.54. The zero-order valence-electron chi connectivity index (χ0n) is 15.5. The number of hydrogen-bond acceptors (Lipinski definition) is 3. The van der Waals surface area contributed by atoms with Gasteiger partial charge in [-0.05, 0) is 31.2 Å². The van der Waals surface area contributed by atoms with Gasteiger partial charge < -0.3 is 20.4 Å². The van der Waals surface area contributed by atoms with Crippen molar-refractivity contribution in [2.45, 2.75) is 13.0 Å². The van der Waals surface area contributed by atoms with Crippen LogP contribution in [0.4, 0.5) is 25.0 Å². The summed E-state index contributed by atoms with van der Waals surface area (Å²) in [6, 6.07) is 11.9. The van der Waals surface area contributed by atoms with E-state index in [1.807, 2.05) is 30.3 Å². The number of urea groups is 1. The monoisotopic (exact) mass is 388 g/mol. The van der Waals surface area contributed by atoms with Gasteiger partial charge in [0.25, 0.3) is 0 Å². The minimum Gasteiger partial charge on any atom is -0.368 e. The molecule has 3 rings (SSSR count). The number of para-hydroxylation sites is 2. The van der Waals surface area contributed by atoms with E-state index in [-0.39, 0.29) is 6.03 Å². The Labute approximate surface area is 162 Å². The Morgan fingerprint density at radius 3 is 2.14 bits per heavy atom. The number of amides is 3. The first kappa shape index (κ1) is 19.6. The van der Waals surface area contributed by atoms with Crippen LogP contribution in [0.25, 0.3) is 0 Å². The van der Waals surface area contributed by atoms with Crippen LogP contribution in [0, 0.1) is 11.6 Å². The molecule has 1 saturated heterocycles. The molecule has 0 aromatic heterocycles. The van der Waals surface area contributed by atoms with Gasteiger partial charge in [0.1, 0.15) is 23.4 Å². The first-order chi connectivity index (χ1) is 13.5. The van der Waals surface area contributed by atoms with E-state index in [0.29, 0.717) is 26.2 Å². The van der Waals surface area contributed by atoms with Crippen LogP contribution < -0.4 is 15.5 Å². The number of nitrogens with one attached hydrogen (secondary N) is 2. The average Bonchev–Trinajstić information content (AvgIpc) is 2.71. The van der Waals surface area contributed by atoms with Crippen LogP contribution in [-0.4, -0.2) is 49.1 Å². The molecule has 1 heterocycles. The highest BCUT2D eigenvalue weighted by molar-refractivity contribution is 5.96. The van der Waals surface area contributed by atoms with E-state index < -0.39 is 29.3 Å². The van der Waals surface area contributed by atoms with Crippen LogP contribution in [0.5, 0.6) is 0 Å². The molecule has 8 heteroatoms. The molecule has 1 aliphatic heterocycles. The standard InChI is InChI=1S/C20H22F2N4O2/c1-14(19(27)24-18-16(21)8-5-9-17(18)22)23-20(28)26-12-10-25(11-13-26)15-6-3-2-4-7-15/h2-9,14H,10-13H2,1H3,(H,23,28)(H,24,27)/t14-/m1/s1. The van der Waals surface area contributed by atoms with Crippen molar-refractivity contribution in [3.05, 3.63) is 60.2 Å². The second kappa shape index (κ2) is 8.69. The van der Waals surface area contributed by atoms with E-state index in [0.717, 1.165) is 17.8 Å². The molecule has 0 bridgehead atoms. The van der Waals surface area contributed by atoms with Crippen molar-refractivity contribution in [3.63, 3.8) is 0 Å². The molecule has 2 aromatic carbocycles. The molecule has 0 saturated carbocycles. The van der Waals surface area contributed by atoms with Crippen LogP contribution in [0.15, 0.2) is 48.5 Å². The first-order valence-corrected chi connectivity index (χ1v) is 9.06. The molecule has 1 aliphatic rings. The third-order valence-electron chi connectivity index (χ3n) is 4.63. The third-order valence-corrected chi connectivity index (χ3v) is 4.63. The number of carbonyl (C=O) groups excluding carboxylic acids is 2. The molecule has 1 atom stereocenters. The highest BCUT2D eigenvalue weighted by atomic mass is 19.1. The molecule has 0 spiro atoms. The second-order valence-corrected chi connectivity index (χ2v) is 6.57. The lowest BCUT2D eigenvalue weighted by molar-refractivity contribution is -0.117. The summed E-state index contributed by atoms with van der Waals surface area (Å²) in [5.74, 6) is -2.44. The van der Waals surface area contributed by atoms with Gasteiger partial charge in [-0.1, -0.05) is 24.3 Å². The fourth-order valence-electron chi connectivity index (χ4n) is 3.00. The molecular formula is C20H22F2N4O2. The zero-order valence-corrected chi connectivity index (χ0v) is 15.5. The second-order valence-electron chi connectivity index (χ2n) is 6.57. The molecule has 148 valence electrons. The Bertz CT molecular complexity index is 819. The highest BCUT2D eigenvalue weighted by Gasteiger charge is 2.25. The number of piperazine rings is 1. The van der Waals surface area contributed by atoms with E-state index >= 15 is 0 Å². The molecule has 0 aliphatic carbocycles. The van der Waals surface area contributed by atoms with E-state index in [1.165, 1.54) is 13.0 Å². The maximum atomic E-state index is 13.6. The van der Waals surface area contributed by atoms with Gasteiger partial charge >= 0.3 is 6.03 Å². The van der Waals surface area contributed by atoms with Gasteiger partial charge in [-0.25, -0.2) is 13.6 Å². The SMILES string of the molecule is C[C@@H](NC(=O)N1CCN(c2ccccc2)CC1)C(=O)Nc1c(F)cccc1F. The summed E-state index contributed by atoms with van der Waals surface area (Å²) in [4.78, 5) is 28.4. The van der Waals surface area contributed by atoms with Gasteiger partial charge in [0.15, 0.2) is 0 Å². The Kier molecular flexibility index (Phi) is 6.08. The number of hydrogen-bond donors (Lipinski definition) is 2. The quantitative estimate of drug-likeness (QED) is 0.847. The Balaban J connectivity index is 1.51. The number of carbonyl (C=O) groups is 2. The van der Waals surface area contributed by atoms with Crippen molar-refractivity contribution in [3.8, 4) is 0 Å². The zero-order chi connectivity index (χ0) is 20.1. The number of anilines is 2. The van der Waals surface area contributed by atoms with E-state index in [2.05, 4.69) is 15.5 Å². The van der Waals surface area contributed by atoms with Gasteiger partial charge in [0.2, 0.25) is 5.91 Å². The molecule has 1 fully saturated rings. The predicted molar refractivity (Wildman–Crippen MR) is 103 cm³/mol. The summed E-state index contributed by atoms with van der Waals surface area (Å²) in [7, 11) is 0. The number of benzene rings is 2. The van der Waals surface area contributed by atoms with E-state index in [1.54, 1.807) is 4.90 Å². The molecule has 0 radical (unpaired) electrons. The van der Waals surface area contributed by atoms with Gasteiger partial charge in [-0.3, -0.25) is 4.79 Å². The smallest absolute Gasteiger partial charge is 0.318 e. The average molecular weight is 388 g/mol. The summed E-state index contributed by atoms with van der Waals surface area (Å²) >= 11 is 0. The van der Waals surface area contributed by atoms with Crippen molar-refractivity contribution in [1.82, 2.24) is 10.2 Å². The van der Waals surface area contributed by atoms with Crippen molar-refractivity contribution < 1.29 is 18.4 Å². The largest absolute Gasteiger partial charge is 0.368 e. The van der Waals surface area contributed by atoms with Crippen LogP contribution >= 0.6 is 0 Å². The molecule has 0 unspecified atom stereocenters. The van der Waals surface area contributed by atoms with Crippen molar-refractivity contribution in [2.24, 2.45) is 0 Å². The summed E-state index contributed by atoms with van der Waals surface area (Å²) < 4.78 is 27.3. The van der Waals surface area contributed by atoms with Gasteiger partial charge in [0.05, 0.1) is 0 Å². The fourth-order valence-corrected chi connectivity index (χ4v) is 3.00. The minimum atomic E-state index is -0.946. The molecule has 6 nitrogen and oxygen atoms in total. The van der Waals surface area contributed by atoms with Crippen LogP contribution in [0.2, 0.25) is 0 Å². The van der Waals surface area contributed by atoms with Crippen molar-refractivity contribution in [1.29, 1.82) is 0 Å².